The van der Waals surface area contributed by atoms with E-state index in [1.54, 1.807) is 16.2 Å². The molecule has 2 aromatic heterocycles. The summed E-state index contributed by atoms with van der Waals surface area (Å²) in [4.78, 5) is 12.7. The first kappa shape index (κ1) is 14.7. The fourth-order valence-electron chi connectivity index (χ4n) is 2.31. The van der Waals surface area contributed by atoms with Crippen LogP contribution in [-0.2, 0) is 19.0 Å². The molecule has 2 rings (SSSR count). The molecule has 108 valence electrons. The van der Waals surface area contributed by atoms with Crippen LogP contribution in [0.3, 0.4) is 0 Å². The van der Waals surface area contributed by atoms with Gasteiger partial charge in [-0.2, -0.15) is 5.10 Å². The van der Waals surface area contributed by atoms with Crippen LogP contribution in [0.1, 0.15) is 33.4 Å². The number of hydrogen-bond donors (Lipinski definition) is 1. The number of H-pyrrole nitrogens is 1. The fraction of sp³-hybridized carbons (Fsp3) is 0.500. The lowest BCUT2D eigenvalue weighted by atomic mass is 9.90. The lowest BCUT2D eigenvalue weighted by Crippen LogP contribution is -2.30. The third kappa shape index (κ3) is 2.35. The standard InChI is InChI=1S/C14H20N4OS/c1-6-18-10(14(2,3)4)8-7-9(12(18)19)11-15-16-13(20)17(11)5/h7-8H,6H2,1-5H3,(H,16,20). The van der Waals surface area contributed by atoms with E-state index >= 15 is 0 Å². The van der Waals surface area contributed by atoms with Gasteiger partial charge in [-0.05, 0) is 31.3 Å². The summed E-state index contributed by atoms with van der Waals surface area (Å²) in [5.74, 6) is 0.572. The number of pyridine rings is 1. The molecule has 2 aromatic rings. The molecule has 0 radical (unpaired) electrons. The second kappa shape index (κ2) is 5.01. The molecule has 0 aliphatic carbocycles. The van der Waals surface area contributed by atoms with Crippen molar-refractivity contribution >= 4 is 12.2 Å². The molecule has 0 aliphatic heterocycles. The molecule has 20 heavy (non-hydrogen) atoms. The van der Waals surface area contributed by atoms with Crippen molar-refractivity contribution in [3.8, 4) is 11.4 Å². The van der Waals surface area contributed by atoms with Crippen LogP contribution in [0, 0.1) is 4.77 Å². The number of nitrogens with zero attached hydrogens (tertiary/aromatic N) is 3. The number of hydrogen-bond acceptors (Lipinski definition) is 3. The summed E-state index contributed by atoms with van der Waals surface area (Å²) in [6, 6.07) is 3.83. The third-order valence-corrected chi connectivity index (χ3v) is 3.74. The summed E-state index contributed by atoms with van der Waals surface area (Å²) in [6.07, 6.45) is 0. The molecule has 5 nitrogen and oxygen atoms in total. The first-order valence-corrected chi connectivity index (χ1v) is 7.04. The normalized spacial score (nSPS) is 11.8. The van der Waals surface area contributed by atoms with Crippen LogP contribution in [-0.4, -0.2) is 19.3 Å². The van der Waals surface area contributed by atoms with Gasteiger partial charge in [-0.1, -0.05) is 20.8 Å². The van der Waals surface area contributed by atoms with Gasteiger partial charge in [0.15, 0.2) is 10.6 Å². The molecule has 0 fully saturated rings. The molecule has 0 saturated heterocycles. The Kier molecular flexibility index (Phi) is 3.69. The minimum absolute atomic E-state index is 0.0305. The molecule has 0 atom stereocenters. The number of rotatable bonds is 2. The van der Waals surface area contributed by atoms with E-state index < -0.39 is 0 Å². The average Bonchev–Trinajstić information content (AvgIpc) is 2.69. The van der Waals surface area contributed by atoms with Crippen LogP contribution in [0.25, 0.3) is 11.4 Å². The van der Waals surface area contributed by atoms with Gasteiger partial charge in [-0.3, -0.25) is 9.89 Å². The number of nitrogens with one attached hydrogen (secondary N) is 1. The van der Waals surface area contributed by atoms with Gasteiger partial charge in [-0.15, -0.1) is 0 Å². The zero-order chi connectivity index (χ0) is 15.1. The zero-order valence-corrected chi connectivity index (χ0v) is 13.3. The minimum Gasteiger partial charge on any atom is -0.312 e. The van der Waals surface area contributed by atoms with Crippen LogP contribution < -0.4 is 5.56 Å². The Morgan fingerprint density at radius 1 is 1.35 bits per heavy atom. The van der Waals surface area contributed by atoms with E-state index in [9.17, 15) is 4.79 Å². The van der Waals surface area contributed by atoms with E-state index in [0.29, 0.717) is 22.7 Å². The lowest BCUT2D eigenvalue weighted by molar-refractivity contribution is 0.511. The highest BCUT2D eigenvalue weighted by Gasteiger charge is 2.21. The highest BCUT2D eigenvalue weighted by Crippen LogP contribution is 2.23. The van der Waals surface area contributed by atoms with E-state index in [0.717, 1.165) is 5.69 Å². The molecule has 0 aliphatic rings. The molecule has 2 heterocycles. The molecule has 0 bridgehead atoms. The minimum atomic E-state index is -0.0787. The Morgan fingerprint density at radius 3 is 2.45 bits per heavy atom. The molecular weight excluding hydrogens is 272 g/mol. The van der Waals surface area contributed by atoms with Crippen molar-refractivity contribution < 1.29 is 0 Å². The van der Waals surface area contributed by atoms with Gasteiger partial charge in [0, 0.05) is 24.7 Å². The van der Waals surface area contributed by atoms with Gasteiger partial charge in [0.25, 0.3) is 5.56 Å². The Balaban J connectivity index is 2.74. The van der Waals surface area contributed by atoms with Crippen molar-refractivity contribution in [2.75, 3.05) is 0 Å². The summed E-state index contributed by atoms with van der Waals surface area (Å²) in [6.45, 7) is 8.91. The van der Waals surface area contributed by atoms with Gasteiger partial charge in [0.2, 0.25) is 0 Å². The molecule has 0 aromatic carbocycles. The van der Waals surface area contributed by atoms with Crippen LogP contribution in [0.2, 0.25) is 0 Å². The maximum Gasteiger partial charge on any atom is 0.261 e. The van der Waals surface area contributed by atoms with Crippen LogP contribution >= 0.6 is 12.2 Å². The van der Waals surface area contributed by atoms with E-state index in [-0.39, 0.29) is 11.0 Å². The molecule has 0 saturated carbocycles. The largest absolute Gasteiger partial charge is 0.312 e. The first-order chi connectivity index (χ1) is 9.27. The SMILES string of the molecule is CCn1c(C(C)(C)C)ccc(-c2n[nH]c(=S)n2C)c1=O. The zero-order valence-electron chi connectivity index (χ0n) is 12.5. The first-order valence-electron chi connectivity index (χ1n) is 6.63. The topological polar surface area (TPSA) is 55.6 Å². The Hall–Kier alpha value is -1.69. The van der Waals surface area contributed by atoms with Gasteiger partial charge in [0.1, 0.15) is 0 Å². The Bertz CT molecular complexity index is 746. The van der Waals surface area contributed by atoms with E-state index in [2.05, 4.69) is 31.0 Å². The summed E-state index contributed by atoms with van der Waals surface area (Å²) in [5, 5.41) is 6.86. The monoisotopic (exact) mass is 292 g/mol. The fourth-order valence-corrected chi connectivity index (χ4v) is 2.44. The van der Waals surface area contributed by atoms with Crippen molar-refractivity contribution in [2.45, 2.75) is 39.7 Å². The molecule has 6 heteroatoms. The predicted molar refractivity (Wildman–Crippen MR) is 82.5 cm³/mol. The van der Waals surface area contributed by atoms with Gasteiger partial charge >= 0.3 is 0 Å². The third-order valence-electron chi connectivity index (χ3n) is 3.38. The molecule has 0 amide bonds. The molecule has 0 spiro atoms. The van der Waals surface area contributed by atoms with E-state index in [1.807, 2.05) is 19.1 Å². The number of aromatic nitrogens is 4. The predicted octanol–water partition coefficient (Wildman–Crippen LogP) is 2.62. The van der Waals surface area contributed by atoms with Crippen LogP contribution in [0.15, 0.2) is 16.9 Å². The Labute approximate surface area is 123 Å². The number of aromatic amines is 1. The van der Waals surface area contributed by atoms with Crippen molar-refractivity contribution in [1.29, 1.82) is 0 Å². The highest BCUT2D eigenvalue weighted by atomic mass is 32.1. The average molecular weight is 292 g/mol. The molecule has 0 unspecified atom stereocenters. The maximum atomic E-state index is 12.7. The van der Waals surface area contributed by atoms with Crippen molar-refractivity contribution in [3.05, 3.63) is 33.0 Å². The van der Waals surface area contributed by atoms with Gasteiger partial charge in [-0.25, -0.2) is 0 Å². The lowest BCUT2D eigenvalue weighted by Gasteiger charge is -2.24. The summed E-state index contributed by atoms with van der Waals surface area (Å²) >= 11 is 5.10. The summed E-state index contributed by atoms with van der Waals surface area (Å²) in [7, 11) is 1.80. The van der Waals surface area contributed by atoms with Gasteiger partial charge < -0.3 is 9.13 Å². The Morgan fingerprint density at radius 2 is 2.00 bits per heavy atom. The second-order valence-corrected chi connectivity index (χ2v) is 6.23. The van der Waals surface area contributed by atoms with E-state index in [1.165, 1.54) is 0 Å². The summed E-state index contributed by atoms with van der Waals surface area (Å²) in [5.41, 5.74) is 1.47. The smallest absolute Gasteiger partial charge is 0.261 e. The highest BCUT2D eigenvalue weighted by molar-refractivity contribution is 7.71. The summed E-state index contributed by atoms with van der Waals surface area (Å²) < 4.78 is 4.01. The van der Waals surface area contributed by atoms with Crippen LogP contribution in [0.4, 0.5) is 0 Å². The molecule has 1 N–H and O–H groups in total. The molecular formula is C14H20N4OS. The van der Waals surface area contributed by atoms with Crippen molar-refractivity contribution in [2.24, 2.45) is 7.05 Å². The van der Waals surface area contributed by atoms with Crippen molar-refractivity contribution in [3.63, 3.8) is 0 Å². The second-order valence-electron chi connectivity index (χ2n) is 5.84. The maximum absolute atomic E-state index is 12.7. The van der Waals surface area contributed by atoms with Gasteiger partial charge in [0.05, 0.1) is 5.56 Å². The van der Waals surface area contributed by atoms with Crippen LogP contribution in [0.5, 0.6) is 0 Å². The quantitative estimate of drug-likeness (QED) is 0.866. The van der Waals surface area contributed by atoms with Crippen molar-refractivity contribution in [1.82, 2.24) is 19.3 Å². The van der Waals surface area contributed by atoms with E-state index in [4.69, 9.17) is 12.2 Å².